The molecule has 0 saturated heterocycles. The minimum atomic E-state index is -0.605. The molecular weight excluding hydrogens is 412 g/mol. The molecule has 2 N–H and O–H groups in total. The fraction of sp³-hybridized carbons (Fsp3) is 0.0833. The highest BCUT2D eigenvalue weighted by Gasteiger charge is 2.12. The Kier molecular flexibility index (Phi) is 7.69. The van der Waals surface area contributed by atoms with Gasteiger partial charge >= 0.3 is 11.9 Å². The highest BCUT2D eigenvalue weighted by molar-refractivity contribution is 5.98. The van der Waals surface area contributed by atoms with Crippen LogP contribution >= 0.6 is 0 Å². The Morgan fingerprint density at radius 2 is 0.969 bits per heavy atom. The van der Waals surface area contributed by atoms with Crippen LogP contribution in [-0.4, -0.2) is 37.0 Å². The van der Waals surface area contributed by atoms with E-state index in [0.29, 0.717) is 22.5 Å². The van der Waals surface area contributed by atoms with Crippen LogP contribution in [0.5, 0.6) is 0 Å². The van der Waals surface area contributed by atoms with E-state index in [0.717, 1.165) is 0 Å². The van der Waals surface area contributed by atoms with E-state index in [2.05, 4.69) is 10.6 Å². The third-order valence-corrected chi connectivity index (χ3v) is 4.12. The second kappa shape index (κ2) is 11.1. The van der Waals surface area contributed by atoms with Crippen LogP contribution < -0.4 is 10.6 Å². The van der Waals surface area contributed by atoms with Gasteiger partial charge in [0, 0.05) is 11.4 Å². The van der Waals surface area contributed by atoms with E-state index < -0.39 is 37.0 Å². The molecule has 0 saturated carbocycles. The molecule has 0 aliphatic heterocycles. The van der Waals surface area contributed by atoms with Gasteiger partial charge in [-0.25, -0.2) is 9.59 Å². The summed E-state index contributed by atoms with van der Waals surface area (Å²) >= 11 is 0. The second-order valence-corrected chi connectivity index (χ2v) is 6.56. The number of ether oxygens (including phenoxy) is 2. The van der Waals surface area contributed by atoms with Crippen molar-refractivity contribution in [2.24, 2.45) is 0 Å². The van der Waals surface area contributed by atoms with E-state index in [1.165, 1.54) is 6.07 Å². The van der Waals surface area contributed by atoms with Crippen molar-refractivity contribution < 1.29 is 28.7 Å². The molecule has 0 radical (unpaired) electrons. The lowest BCUT2D eigenvalue weighted by Gasteiger charge is -2.10. The average Bonchev–Trinajstić information content (AvgIpc) is 2.82. The summed E-state index contributed by atoms with van der Waals surface area (Å²) in [6.45, 7) is -0.917. The summed E-state index contributed by atoms with van der Waals surface area (Å²) in [5.41, 5.74) is 1.48. The lowest BCUT2D eigenvalue weighted by molar-refractivity contribution is -0.119. The first kappa shape index (κ1) is 22.2. The summed E-state index contributed by atoms with van der Waals surface area (Å²) in [6.07, 6.45) is 0. The maximum atomic E-state index is 12.1. The van der Waals surface area contributed by atoms with Gasteiger partial charge in [-0.2, -0.15) is 0 Å². The SMILES string of the molecule is O=C(COC(=O)c1ccccc1)Nc1cccc(NC(=O)COC(=O)c2ccccc2)c1. The van der Waals surface area contributed by atoms with Crippen LogP contribution in [0.1, 0.15) is 20.7 Å². The minimum absolute atomic E-state index is 0.345. The zero-order valence-corrected chi connectivity index (χ0v) is 16.9. The Balaban J connectivity index is 1.46. The molecule has 0 aliphatic rings. The Bertz CT molecular complexity index is 1010. The first-order chi connectivity index (χ1) is 15.5. The number of carbonyl (C=O) groups is 4. The third-order valence-electron chi connectivity index (χ3n) is 4.12. The summed E-state index contributed by atoms with van der Waals surface area (Å²) in [6, 6.07) is 23.0. The molecule has 2 amide bonds. The van der Waals surface area contributed by atoms with E-state index in [4.69, 9.17) is 9.47 Å². The van der Waals surface area contributed by atoms with Gasteiger partial charge in [0.05, 0.1) is 11.1 Å². The molecule has 3 aromatic rings. The van der Waals surface area contributed by atoms with Crippen molar-refractivity contribution in [3.05, 3.63) is 96.1 Å². The zero-order chi connectivity index (χ0) is 22.8. The number of rotatable bonds is 8. The van der Waals surface area contributed by atoms with E-state index in [-0.39, 0.29) is 0 Å². The van der Waals surface area contributed by atoms with Crippen molar-refractivity contribution in [3.8, 4) is 0 Å². The molecule has 8 nitrogen and oxygen atoms in total. The number of amides is 2. The van der Waals surface area contributed by atoms with Gasteiger partial charge in [-0.15, -0.1) is 0 Å². The number of benzene rings is 3. The van der Waals surface area contributed by atoms with Crippen molar-refractivity contribution in [3.63, 3.8) is 0 Å². The minimum Gasteiger partial charge on any atom is -0.452 e. The van der Waals surface area contributed by atoms with Crippen LogP contribution in [0, 0.1) is 0 Å². The van der Waals surface area contributed by atoms with Crippen molar-refractivity contribution in [2.75, 3.05) is 23.8 Å². The van der Waals surface area contributed by atoms with Gasteiger partial charge in [0.2, 0.25) is 0 Å². The predicted octanol–water partition coefficient (Wildman–Crippen LogP) is 3.28. The quantitative estimate of drug-likeness (QED) is 0.529. The lowest BCUT2D eigenvalue weighted by atomic mass is 10.2. The number of carbonyl (C=O) groups excluding carboxylic acids is 4. The topological polar surface area (TPSA) is 111 Å². The molecule has 0 heterocycles. The summed E-state index contributed by atoms with van der Waals surface area (Å²) in [5, 5.41) is 5.16. The van der Waals surface area contributed by atoms with Crippen LogP contribution in [0.4, 0.5) is 11.4 Å². The van der Waals surface area contributed by atoms with E-state index in [1.807, 2.05) is 0 Å². The average molecular weight is 432 g/mol. The second-order valence-electron chi connectivity index (χ2n) is 6.56. The molecule has 0 fully saturated rings. The van der Waals surface area contributed by atoms with E-state index in [1.54, 1.807) is 78.9 Å². The monoisotopic (exact) mass is 432 g/mol. The molecule has 0 spiro atoms. The largest absolute Gasteiger partial charge is 0.452 e. The van der Waals surface area contributed by atoms with Crippen LogP contribution in [0.2, 0.25) is 0 Å². The standard InChI is InChI=1S/C24H20N2O6/c27-21(15-31-23(29)17-8-3-1-4-9-17)25-19-12-7-13-20(14-19)26-22(28)16-32-24(30)18-10-5-2-6-11-18/h1-14H,15-16H2,(H,25,27)(H,26,28). The molecule has 0 aliphatic carbocycles. The maximum Gasteiger partial charge on any atom is 0.338 e. The molecular formula is C24H20N2O6. The highest BCUT2D eigenvalue weighted by atomic mass is 16.5. The fourth-order valence-corrected chi connectivity index (χ4v) is 2.65. The van der Waals surface area contributed by atoms with Crippen LogP contribution in [0.25, 0.3) is 0 Å². The summed E-state index contributed by atoms with van der Waals surface area (Å²) in [4.78, 5) is 47.9. The van der Waals surface area contributed by atoms with Gasteiger partial charge in [-0.1, -0.05) is 42.5 Å². The number of hydrogen-bond donors (Lipinski definition) is 2. The molecule has 0 bridgehead atoms. The van der Waals surface area contributed by atoms with Gasteiger partial charge < -0.3 is 20.1 Å². The Morgan fingerprint density at radius 1 is 0.562 bits per heavy atom. The Morgan fingerprint density at radius 3 is 1.38 bits per heavy atom. The van der Waals surface area contributed by atoms with E-state index in [9.17, 15) is 19.2 Å². The first-order valence-electron chi connectivity index (χ1n) is 9.65. The summed E-state index contributed by atoms with van der Waals surface area (Å²) in [5.74, 6) is -2.28. The van der Waals surface area contributed by atoms with Crippen molar-refractivity contribution in [1.82, 2.24) is 0 Å². The number of esters is 2. The van der Waals surface area contributed by atoms with Crippen molar-refractivity contribution >= 4 is 35.1 Å². The Hall–Kier alpha value is -4.46. The van der Waals surface area contributed by atoms with Gasteiger partial charge in [0.15, 0.2) is 13.2 Å². The van der Waals surface area contributed by atoms with Gasteiger partial charge in [-0.3, -0.25) is 9.59 Å². The summed E-state index contributed by atoms with van der Waals surface area (Å²) < 4.78 is 9.96. The number of nitrogens with one attached hydrogen (secondary N) is 2. The summed E-state index contributed by atoms with van der Waals surface area (Å²) in [7, 11) is 0. The van der Waals surface area contributed by atoms with Crippen LogP contribution in [0.3, 0.4) is 0 Å². The molecule has 3 rings (SSSR count). The maximum absolute atomic E-state index is 12.1. The van der Waals surface area contributed by atoms with Crippen LogP contribution in [-0.2, 0) is 19.1 Å². The molecule has 0 aromatic heterocycles. The normalized spacial score (nSPS) is 10.0. The fourth-order valence-electron chi connectivity index (χ4n) is 2.65. The molecule has 8 heteroatoms. The highest BCUT2D eigenvalue weighted by Crippen LogP contribution is 2.15. The molecule has 3 aromatic carbocycles. The first-order valence-corrected chi connectivity index (χ1v) is 9.65. The lowest BCUT2D eigenvalue weighted by Crippen LogP contribution is -2.22. The smallest absolute Gasteiger partial charge is 0.338 e. The third kappa shape index (κ3) is 6.81. The molecule has 162 valence electrons. The molecule has 32 heavy (non-hydrogen) atoms. The van der Waals surface area contributed by atoms with Crippen molar-refractivity contribution in [1.29, 1.82) is 0 Å². The van der Waals surface area contributed by atoms with Gasteiger partial charge in [0.1, 0.15) is 0 Å². The van der Waals surface area contributed by atoms with Crippen LogP contribution in [0.15, 0.2) is 84.9 Å². The zero-order valence-electron chi connectivity index (χ0n) is 16.9. The van der Waals surface area contributed by atoms with E-state index >= 15 is 0 Å². The van der Waals surface area contributed by atoms with Crippen molar-refractivity contribution in [2.45, 2.75) is 0 Å². The van der Waals surface area contributed by atoms with Gasteiger partial charge in [-0.05, 0) is 42.5 Å². The number of hydrogen-bond acceptors (Lipinski definition) is 6. The Labute approximate surface area is 184 Å². The molecule has 0 atom stereocenters. The number of anilines is 2. The molecule has 0 unspecified atom stereocenters. The van der Waals surface area contributed by atoms with Gasteiger partial charge in [0.25, 0.3) is 11.8 Å². The predicted molar refractivity (Wildman–Crippen MR) is 117 cm³/mol.